The van der Waals surface area contributed by atoms with E-state index in [9.17, 15) is 25.3 Å². The van der Waals surface area contributed by atoms with Gasteiger partial charge >= 0.3 is 0 Å². The van der Waals surface area contributed by atoms with Crippen LogP contribution in [0.4, 0.5) is 11.4 Å². The Labute approximate surface area is 192 Å². The Morgan fingerprint density at radius 3 is 1.88 bits per heavy atom. The van der Waals surface area contributed by atoms with Gasteiger partial charge in [0.2, 0.25) is 0 Å². The number of hydrogen-bond acceptors (Lipinski definition) is 6. The summed E-state index contributed by atoms with van der Waals surface area (Å²) < 4.78 is 0. The highest BCUT2D eigenvalue weighted by molar-refractivity contribution is 5.76. The number of non-ortho nitro benzene ring substituents is 2. The molecule has 1 aliphatic rings. The molecule has 0 aromatic heterocycles. The van der Waals surface area contributed by atoms with Gasteiger partial charge < -0.3 is 15.3 Å². The third-order valence-corrected chi connectivity index (χ3v) is 6.15. The lowest BCUT2D eigenvalue weighted by molar-refractivity contribution is -0.385. The van der Waals surface area contributed by atoms with E-state index in [4.69, 9.17) is 5.41 Å². The summed E-state index contributed by atoms with van der Waals surface area (Å²) in [5, 5.41) is 42.9. The van der Waals surface area contributed by atoms with Crippen molar-refractivity contribution in [1.29, 1.82) is 5.41 Å². The van der Waals surface area contributed by atoms with E-state index in [2.05, 4.69) is 5.32 Å². The zero-order valence-corrected chi connectivity index (χ0v) is 18.4. The topological polar surface area (TPSA) is 146 Å². The molecular weight excluding hydrogens is 426 g/mol. The lowest BCUT2D eigenvalue weighted by Gasteiger charge is -2.33. The van der Waals surface area contributed by atoms with Crippen LogP contribution in [0.1, 0.15) is 36.8 Å². The van der Waals surface area contributed by atoms with E-state index in [0.717, 1.165) is 36.8 Å². The highest BCUT2D eigenvalue weighted by Crippen LogP contribution is 2.29. The van der Waals surface area contributed by atoms with E-state index in [-0.39, 0.29) is 23.9 Å². The maximum absolute atomic E-state index is 10.9. The van der Waals surface area contributed by atoms with Gasteiger partial charge in [-0.25, -0.2) is 0 Å². The minimum Gasteiger partial charge on any atom is -0.396 e. The number of hydrogen-bond donors (Lipinski definition) is 3. The van der Waals surface area contributed by atoms with Crippen molar-refractivity contribution < 1.29 is 15.0 Å². The van der Waals surface area contributed by atoms with Crippen LogP contribution in [-0.2, 0) is 13.1 Å². The smallest absolute Gasteiger partial charge is 0.269 e. The lowest BCUT2D eigenvalue weighted by Crippen LogP contribution is -2.43. The number of nitro groups is 2. The monoisotopic (exact) mass is 455 g/mol. The van der Waals surface area contributed by atoms with Crippen molar-refractivity contribution in [2.45, 2.75) is 38.8 Å². The zero-order valence-electron chi connectivity index (χ0n) is 18.4. The first-order chi connectivity index (χ1) is 15.9. The highest BCUT2D eigenvalue weighted by Gasteiger charge is 2.24. The molecule has 0 heterocycles. The molecule has 33 heavy (non-hydrogen) atoms. The Kier molecular flexibility index (Phi) is 8.31. The lowest BCUT2D eigenvalue weighted by atomic mass is 9.82. The number of guanidine groups is 1. The molecule has 0 atom stereocenters. The van der Waals surface area contributed by atoms with E-state index < -0.39 is 9.85 Å². The number of benzene rings is 2. The van der Waals surface area contributed by atoms with Gasteiger partial charge in [0.25, 0.3) is 11.4 Å². The van der Waals surface area contributed by atoms with Gasteiger partial charge in [0.05, 0.1) is 9.85 Å². The number of aliphatic hydroxyl groups excluding tert-OH is 1. The second-order valence-electron chi connectivity index (χ2n) is 8.50. The SMILES string of the molecule is N=C(NCc1ccc([N+](=O)[O-])cc1)N(Cc1ccc([N+](=O)[O-])cc1)CC1CCC(CO)CC1. The number of rotatable bonds is 9. The van der Waals surface area contributed by atoms with Gasteiger partial charge in [0.1, 0.15) is 0 Å². The molecule has 1 fully saturated rings. The van der Waals surface area contributed by atoms with Gasteiger partial charge in [-0.05, 0) is 48.6 Å². The minimum absolute atomic E-state index is 0.0205. The van der Waals surface area contributed by atoms with Crippen molar-refractivity contribution in [2.75, 3.05) is 13.2 Å². The van der Waals surface area contributed by atoms with E-state index >= 15 is 0 Å². The predicted octanol–water partition coefficient (Wildman–Crippen LogP) is 3.83. The molecule has 2 aromatic rings. The van der Waals surface area contributed by atoms with Crippen LogP contribution in [0, 0.1) is 37.5 Å². The average Bonchev–Trinajstić information content (AvgIpc) is 2.83. The molecule has 0 radical (unpaired) electrons. The van der Waals surface area contributed by atoms with Gasteiger partial charge in [0, 0.05) is 50.5 Å². The molecule has 0 bridgehead atoms. The summed E-state index contributed by atoms with van der Waals surface area (Å²) in [5.41, 5.74) is 1.74. The summed E-state index contributed by atoms with van der Waals surface area (Å²) in [4.78, 5) is 22.8. The van der Waals surface area contributed by atoms with Crippen LogP contribution in [0.25, 0.3) is 0 Å². The Hall–Kier alpha value is -3.53. The first kappa shape index (κ1) is 24.1. The van der Waals surface area contributed by atoms with Gasteiger partial charge in [-0.2, -0.15) is 0 Å². The average molecular weight is 456 g/mol. The maximum atomic E-state index is 10.9. The third-order valence-electron chi connectivity index (χ3n) is 6.15. The summed E-state index contributed by atoms with van der Waals surface area (Å²) in [6.07, 6.45) is 3.90. The summed E-state index contributed by atoms with van der Waals surface area (Å²) in [6, 6.07) is 12.5. The first-order valence-corrected chi connectivity index (χ1v) is 11.0. The van der Waals surface area contributed by atoms with Crippen LogP contribution < -0.4 is 5.32 Å². The quantitative estimate of drug-likeness (QED) is 0.225. The van der Waals surface area contributed by atoms with E-state index in [1.807, 2.05) is 4.90 Å². The van der Waals surface area contributed by atoms with Crippen LogP contribution in [0.15, 0.2) is 48.5 Å². The van der Waals surface area contributed by atoms with Crippen molar-refractivity contribution in [2.24, 2.45) is 11.8 Å². The van der Waals surface area contributed by atoms with Gasteiger partial charge in [-0.15, -0.1) is 0 Å². The predicted molar refractivity (Wildman–Crippen MR) is 124 cm³/mol. The van der Waals surface area contributed by atoms with Gasteiger partial charge in [0.15, 0.2) is 5.96 Å². The fourth-order valence-electron chi connectivity index (χ4n) is 4.12. The highest BCUT2D eigenvalue weighted by atomic mass is 16.6. The molecule has 0 aliphatic heterocycles. The molecule has 0 spiro atoms. The molecule has 0 amide bonds. The van der Waals surface area contributed by atoms with Crippen molar-refractivity contribution in [3.05, 3.63) is 79.9 Å². The van der Waals surface area contributed by atoms with Crippen LogP contribution >= 0.6 is 0 Å². The number of aliphatic hydroxyl groups is 1. The summed E-state index contributed by atoms with van der Waals surface area (Å²) >= 11 is 0. The molecule has 0 saturated heterocycles. The zero-order chi connectivity index (χ0) is 23.8. The minimum atomic E-state index is -0.448. The second-order valence-corrected chi connectivity index (χ2v) is 8.50. The van der Waals surface area contributed by atoms with Gasteiger partial charge in [-0.3, -0.25) is 25.6 Å². The third kappa shape index (κ3) is 6.98. The molecule has 1 saturated carbocycles. The van der Waals surface area contributed by atoms with Crippen LogP contribution in [0.3, 0.4) is 0 Å². The number of nitrogens with zero attached hydrogens (tertiary/aromatic N) is 3. The van der Waals surface area contributed by atoms with Crippen molar-refractivity contribution in [3.63, 3.8) is 0 Å². The Balaban J connectivity index is 1.66. The van der Waals surface area contributed by atoms with E-state index in [0.29, 0.717) is 31.5 Å². The Bertz CT molecular complexity index is 956. The molecule has 3 rings (SSSR count). The molecule has 1 aliphatic carbocycles. The second kappa shape index (κ2) is 11.4. The number of nitrogens with one attached hydrogen (secondary N) is 2. The summed E-state index contributed by atoms with van der Waals surface area (Å²) in [7, 11) is 0. The molecule has 3 N–H and O–H groups in total. The summed E-state index contributed by atoms with van der Waals surface area (Å²) in [5.74, 6) is 0.979. The Morgan fingerprint density at radius 2 is 1.39 bits per heavy atom. The van der Waals surface area contributed by atoms with Crippen LogP contribution in [-0.4, -0.2) is 39.0 Å². The van der Waals surface area contributed by atoms with Crippen molar-refractivity contribution >= 4 is 17.3 Å². The van der Waals surface area contributed by atoms with Crippen molar-refractivity contribution in [1.82, 2.24) is 10.2 Å². The van der Waals surface area contributed by atoms with Crippen LogP contribution in [0.2, 0.25) is 0 Å². The molecule has 2 aromatic carbocycles. The first-order valence-electron chi connectivity index (χ1n) is 11.0. The molecule has 176 valence electrons. The van der Waals surface area contributed by atoms with E-state index in [1.165, 1.54) is 24.3 Å². The molecule has 10 heteroatoms. The maximum Gasteiger partial charge on any atom is 0.269 e. The fourth-order valence-corrected chi connectivity index (χ4v) is 4.12. The van der Waals surface area contributed by atoms with Gasteiger partial charge in [-0.1, -0.05) is 24.3 Å². The summed E-state index contributed by atoms with van der Waals surface area (Å²) in [6.45, 7) is 1.67. The Morgan fingerprint density at radius 1 is 0.909 bits per heavy atom. The molecule has 10 nitrogen and oxygen atoms in total. The molecular formula is C23H29N5O5. The largest absolute Gasteiger partial charge is 0.396 e. The van der Waals surface area contributed by atoms with Crippen molar-refractivity contribution in [3.8, 4) is 0 Å². The van der Waals surface area contributed by atoms with E-state index in [1.54, 1.807) is 24.3 Å². The van der Waals surface area contributed by atoms with Crippen LogP contribution in [0.5, 0.6) is 0 Å². The standard InChI is InChI=1S/C23H29N5O5/c24-23(25-13-17-5-9-21(10-6-17)27(30)31)26(14-18-1-3-20(16-29)4-2-18)15-19-7-11-22(12-8-19)28(32)33/h5-12,18,20,29H,1-4,13-16H2,(H2,24,25). The number of nitro benzene ring substituents is 2. The molecule has 0 unspecified atom stereocenters. The normalized spacial score (nSPS) is 17.8. The fraction of sp³-hybridized carbons (Fsp3) is 0.435.